The smallest absolute Gasteiger partial charge is 0.151 e. The van der Waals surface area contributed by atoms with Crippen molar-refractivity contribution in [2.45, 2.75) is 9.79 Å². The fourth-order valence-electron chi connectivity index (χ4n) is 1.28. The molecule has 0 aromatic heterocycles. The zero-order chi connectivity index (χ0) is 12.4. The van der Waals surface area contributed by atoms with Crippen LogP contribution in [0.15, 0.2) is 50.7 Å². The van der Waals surface area contributed by atoms with E-state index in [2.05, 4.69) is 15.9 Å². The van der Waals surface area contributed by atoms with Crippen molar-refractivity contribution in [3.8, 4) is 0 Å². The highest BCUT2D eigenvalue weighted by Crippen LogP contribution is 2.35. The van der Waals surface area contributed by atoms with E-state index in [0.717, 1.165) is 4.90 Å². The number of hydrogen-bond donors (Lipinski definition) is 0. The maximum absolute atomic E-state index is 13.8. The van der Waals surface area contributed by atoms with Gasteiger partial charge < -0.3 is 0 Å². The van der Waals surface area contributed by atoms with Crippen molar-refractivity contribution in [2.24, 2.45) is 0 Å². The minimum atomic E-state index is -0.284. The largest absolute Gasteiger partial charge is 0.205 e. The Hall–Kier alpha value is -0.220. The monoisotopic (exact) mass is 350 g/mol. The normalized spacial score (nSPS) is 10.6. The van der Waals surface area contributed by atoms with Crippen molar-refractivity contribution >= 4 is 50.9 Å². The molecule has 2 aromatic carbocycles. The van der Waals surface area contributed by atoms with Crippen LogP contribution in [0.3, 0.4) is 0 Å². The number of rotatable bonds is 2. The molecule has 0 bridgehead atoms. The summed E-state index contributed by atoms with van der Waals surface area (Å²) in [5.41, 5.74) is 0. The molecule has 17 heavy (non-hydrogen) atoms. The Labute approximate surface area is 121 Å². The Bertz CT molecular complexity index is 540. The van der Waals surface area contributed by atoms with Gasteiger partial charge in [0.25, 0.3) is 0 Å². The molecule has 0 aliphatic heterocycles. The molecule has 0 aliphatic carbocycles. The Morgan fingerprint density at radius 3 is 2.35 bits per heavy atom. The fourth-order valence-corrected chi connectivity index (χ4v) is 3.40. The van der Waals surface area contributed by atoms with Gasteiger partial charge in [0.05, 0.1) is 4.47 Å². The van der Waals surface area contributed by atoms with Gasteiger partial charge in [0.1, 0.15) is 0 Å². The highest BCUT2D eigenvalue weighted by atomic mass is 79.9. The average Bonchev–Trinajstić information content (AvgIpc) is 2.23. The lowest BCUT2D eigenvalue weighted by Gasteiger charge is -2.05. The van der Waals surface area contributed by atoms with Crippen molar-refractivity contribution in [2.75, 3.05) is 0 Å². The van der Waals surface area contributed by atoms with E-state index < -0.39 is 0 Å². The van der Waals surface area contributed by atoms with Gasteiger partial charge in [-0.1, -0.05) is 41.0 Å². The van der Waals surface area contributed by atoms with Gasteiger partial charge in [0.15, 0.2) is 5.82 Å². The van der Waals surface area contributed by atoms with Crippen molar-refractivity contribution in [3.63, 3.8) is 0 Å². The van der Waals surface area contributed by atoms with Gasteiger partial charge >= 0.3 is 0 Å². The quantitative estimate of drug-likeness (QED) is 0.634. The van der Waals surface area contributed by atoms with Crippen molar-refractivity contribution in [3.05, 3.63) is 56.7 Å². The molecule has 0 spiro atoms. The average molecular weight is 352 g/mol. The third-order valence-corrected chi connectivity index (χ3v) is 4.04. The van der Waals surface area contributed by atoms with Gasteiger partial charge in [-0.2, -0.15) is 0 Å². The molecule has 0 nitrogen and oxygen atoms in total. The SMILES string of the molecule is Fc1c(Br)cccc1Sc1cc(Cl)cc(Cl)c1. The Kier molecular flexibility index (Phi) is 4.36. The maximum atomic E-state index is 13.8. The van der Waals surface area contributed by atoms with Gasteiger partial charge in [-0.3, -0.25) is 0 Å². The third-order valence-electron chi connectivity index (χ3n) is 1.98. The van der Waals surface area contributed by atoms with Crippen LogP contribution in [0.25, 0.3) is 0 Å². The van der Waals surface area contributed by atoms with Crippen molar-refractivity contribution in [1.29, 1.82) is 0 Å². The lowest BCUT2D eigenvalue weighted by atomic mass is 10.3. The molecule has 0 fully saturated rings. The van der Waals surface area contributed by atoms with Gasteiger partial charge in [0.2, 0.25) is 0 Å². The zero-order valence-corrected chi connectivity index (χ0v) is 12.3. The predicted molar refractivity (Wildman–Crippen MR) is 74.7 cm³/mol. The minimum Gasteiger partial charge on any atom is -0.205 e. The molecule has 0 heterocycles. The molecular weight excluding hydrogens is 346 g/mol. The minimum absolute atomic E-state index is 0.284. The van der Waals surface area contributed by atoms with Gasteiger partial charge in [-0.25, -0.2) is 4.39 Å². The molecule has 0 amide bonds. The van der Waals surface area contributed by atoms with Crippen molar-refractivity contribution in [1.82, 2.24) is 0 Å². The number of benzene rings is 2. The third kappa shape index (κ3) is 3.38. The van der Waals surface area contributed by atoms with Crippen LogP contribution in [0.5, 0.6) is 0 Å². The van der Waals surface area contributed by atoms with Crippen molar-refractivity contribution < 1.29 is 4.39 Å². The first-order valence-electron chi connectivity index (χ1n) is 4.64. The Balaban J connectivity index is 2.34. The molecule has 0 radical (unpaired) electrons. The number of halogens is 4. The summed E-state index contributed by atoms with van der Waals surface area (Å²) in [6, 6.07) is 10.3. The summed E-state index contributed by atoms with van der Waals surface area (Å²) in [6.45, 7) is 0. The van der Waals surface area contributed by atoms with E-state index in [0.29, 0.717) is 19.4 Å². The first-order valence-corrected chi connectivity index (χ1v) is 7.01. The topological polar surface area (TPSA) is 0 Å². The molecule has 0 N–H and O–H groups in total. The molecule has 0 saturated heterocycles. The molecule has 2 aromatic rings. The van der Waals surface area contributed by atoms with E-state index >= 15 is 0 Å². The molecule has 0 aliphatic rings. The van der Waals surface area contributed by atoms with E-state index in [1.165, 1.54) is 11.8 Å². The second-order valence-corrected chi connectivity index (χ2v) is 6.10. The van der Waals surface area contributed by atoms with Crippen LogP contribution in [0.2, 0.25) is 10.0 Å². The summed E-state index contributed by atoms with van der Waals surface area (Å²) >= 11 is 16.2. The summed E-state index contributed by atoms with van der Waals surface area (Å²) in [7, 11) is 0. The first kappa shape index (κ1) is 13.2. The summed E-state index contributed by atoms with van der Waals surface area (Å²) in [4.78, 5) is 1.33. The van der Waals surface area contributed by atoms with Crippen LogP contribution < -0.4 is 0 Å². The molecule has 2 rings (SSSR count). The fraction of sp³-hybridized carbons (Fsp3) is 0. The second kappa shape index (κ2) is 5.61. The molecule has 0 saturated carbocycles. The van der Waals surface area contributed by atoms with Crippen LogP contribution in [-0.2, 0) is 0 Å². The maximum Gasteiger partial charge on any atom is 0.151 e. The molecule has 88 valence electrons. The molecular formula is C12H6BrCl2FS. The predicted octanol–water partition coefficient (Wildman–Crippen LogP) is 6.05. The van der Waals surface area contributed by atoms with Gasteiger partial charge in [-0.15, -0.1) is 0 Å². The standard InChI is InChI=1S/C12H6BrCl2FS/c13-10-2-1-3-11(12(10)16)17-9-5-7(14)4-8(15)6-9/h1-6H. The van der Waals surface area contributed by atoms with Crippen LogP contribution in [0.4, 0.5) is 4.39 Å². The summed E-state index contributed by atoms with van der Waals surface area (Å²) in [5.74, 6) is -0.284. The zero-order valence-electron chi connectivity index (χ0n) is 8.38. The van der Waals surface area contributed by atoms with Gasteiger partial charge in [-0.05, 0) is 46.3 Å². The molecule has 0 atom stereocenters. The van der Waals surface area contributed by atoms with Crippen LogP contribution in [0, 0.1) is 5.82 Å². The summed E-state index contributed by atoms with van der Waals surface area (Å²) in [5, 5.41) is 1.07. The Morgan fingerprint density at radius 1 is 1.06 bits per heavy atom. The lowest BCUT2D eigenvalue weighted by molar-refractivity contribution is 0.595. The van der Waals surface area contributed by atoms with E-state index in [1.54, 1.807) is 36.4 Å². The highest BCUT2D eigenvalue weighted by Gasteiger charge is 2.08. The molecule has 0 unspecified atom stereocenters. The number of hydrogen-bond acceptors (Lipinski definition) is 1. The van der Waals surface area contributed by atoms with Crippen LogP contribution in [-0.4, -0.2) is 0 Å². The van der Waals surface area contributed by atoms with Crippen LogP contribution >= 0.6 is 50.9 Å². The van der Waals surface area contributed by atoms with E-state index in [-0.39, 0.29) is 5.82 Å². The van der Waals surface area contributed by atoms with Gasteiger partial charge in [0, 0.05) is 19.8 Å². The summed E-state index contributed by atoms with van der Waals surface area (Å²) < 4.78 is 14.2. The van der Waals surface area contributed by atoms with E-state index in [4.69, 9.17) is 23.2 Å². The molecule has 5 heteroatoms. The summed E-state index contributed by atoms with van der Waals surface area (Å²) in [6.07, 6.45) is 0. The Morgan fingerprint density at radius 2 is 1.71 bits per heavy atom. The van der Waals surface area contributed by atoms with E-state index in [9.17, 15) is 4.39 Å². The second-order valence-electron chi connectivity index (χ2n) is 3.26. The highest BCUT2D eigenvalue weighted by molar-refractivity contribution is 9.10. The van der Waals surface area contributed by atoms with E-state index in [1.807, 2.05) is 0 Å². The van der Waals surface area contributed by atoms with Crippen LogP contribution in [0.1, 0.15) is 0 Å². The lowest BCUT2D eigenvalue weighted by Crippen LogP contribution is -1.82. The first-order chi connectivity index (χ1) is 8.06.